The third kappa shape index (κ3) is 4.66. The Balaban J connectivity index is 0.00000161. The van der Waals surface area contributed by atoms with Gasteiger partial charge in [0.25, 0.3) is 0 Å². The molecule has 2 aromatic rings. The van der Waals surface area contributed by atoms with E-state index in [0.717, 1.165) is 18.9 Å². The monoisotopic (exact) mass is 324 g/mol. The Bertz CT molecular complexity index is 538. The van der Waals surface area contributed by atoms with Gasteiger partial charge in [-0.25, -0.2) is 4.98 Å². The van der Waals surface area contributed by atoms with Crippen molar-refractivity contribution in [3.63, 3.8) is 0 Å². The molecule has 1 saturated heterocycles. The lowest BCUT2D eigenvalue weighted by Crippen LogP contribution is -2.33. The smallest absolute Gasteiger partial charge is 0.180 e. The molecular formula is C15H21ClN4S. The first kappa shape index (κ1) is 16.2. The minimum Gasteiger partial charge on any atom is -0.375 e. The molecular weight excluding hydrogens is 304 g/mol. The minimum atomic E-state index is 0. The SMILES string of the molecule is Cl.Nc1ncc(CN2CCC(Cc3cccnc3)CC2)s1. The molecule has 0 saturated carbocycles. The Kier molecular flexibility index (Phi) is 5.96. The number of piperidine rings is 1. The number of thiazole rings is 1. The van der Waals surface area contributed by atoms with Crippen molar-refractivity contribution in [1.29, 1.82) is 0 Å². The summed E-state index contributed by atoms with van der Waals surface area (Å²) in [5.41, 5.74) is 7.04. The van der Waals surface area contributed by atoms with E-state index < -0.39 is 0 Å². The van der Waals surface area contributed by atoms with Crippen molar-refractivity contribution in [2.75, 3.05) is 18.8 Å². The van der Waals surface area contributed by atoms with Crippen LogP contribution in [-0.2, 0) is 13.0 Å². The summed E-state index contributed by atoms with van der Waals surface area (Å²) >= 11 is 1.60. The molecule has 0 unspecified atom stereocenters. The largest absolute Gasteiger partial charge is 0.375 e. The van der Waals surface area contributed by atoms with Gasteiger partial charge in [0, 0.05) is 30.0 Å². The molecule has 0 bridgehead atoms. The van der Waals surface area contributed by atoms with Crippen LogP contribution >= 0.6 is 23.7 Å². The fourth-order valence-electron chi connectivity index (χ4n) is 2.82. The fraction of sp³-hybridized carbons (Fsp3) is 0.467. The van der Waals surface area contributed by atoms with Gasteiger partial charge in [0.15, 0.2) is 5.13 Å². The summed E-state index contributed by atoms with van der Waals surface area (Å²) in [4.78, 5) is 12.1. The van der Waals surface area contributed by atoms with Gasteiger partial charge < -0.3 is 5.73 Å². The number of aromatic nitrogens is 2. The predicted molar refractivity (Wildman–Crippen MR) is 89.7 cm³/mol. The van der Waals surface area contributed by atoms with Crippen molar-refractivity contribution >= 4 is 28.9 Å². The number of nitrogens with two attached hydrogens (primary N) is 1. The van der Waals surface area contributed by atoms with Crippen molar-refractivity contribution < 1.29 is 0 Å². The topological polar surface area (TPSA) is 55.0 Å². The third-order valence-electron chi connectivity index (χ3n) is 3.91. The first-order chi connectivity index (χ1) is 9.79. The van der Waals surface area contributed by atoms with Crippen LogP contribution in [-0.4, -0.2) is 28.0 Å². The number of nitrogens with zero attached hydrogens (tertiary/aromatic N) is 3. The van der Waals surface area contributed by atoms with Crippen LogP contribution in [0.1, 0.15) is 23.3 Å². The normalized spacial score (nSPS) is 16.6. The molecule has 0 aliphatic carbocycles. The Hall–Kier alpha value is -1.17. The summed E-state index contributed by atoms with van der Waals surface area (Å²) in [6, 6.07) is 4.21. The Morgan fingerprint density at radius 1 is 1.29 bits per heavy atom. The van der Waals surface area contributed by atoms with Gasteiger partial charge in [0.2, 0.25) is 0 Å². The molecule has 0 aromatic carbocycles. The van der Waals surface area contributed by atoms with E-state index in [4.69, 9.17) is 5.73 Å². The average molecular weight is 325 g/mol. The molecule has 0 spiro atoms. The molecule has 4 nitrogen and oxygen atoms in total. The molecule has 1 aliphatic rings. The second-order valence-corrected chi connectivity index (χ2v) is 6.60. The lowest BCUT2D eigenvalue weighted by atomic mass is 9.91. The Morgan fingerprint density at radius 3 is 2.71 bits per heavy atom. The molecule has 0 amide bonds. The number of anilines is 1. The van der Waals surface area contributed by atoms with Gasteiger partial charge in [-0.05, 0) is 49.9 Å². The molecule has 2 N–H and O–H groups in total. The first-order valence-electron chi connectivity index (χ1n) is 7.11. The van der Waals surface area contributed by atoms with Crippen LogP contribution in [0.5, 0.6) is 0 Å². The van der Waals surface area contributed by atoms with Gasteiger partial charge in [-0.2, -0.15) is 0 Å². The zero-order chi connectivity index (χ0) is 13.8. The van der Waals surface area contributed by atoms with Gasteiger partial charge in [-0.15, -0.1) is 23.7 Å². The van der Waals surface area contributed by atoms with E-state index in [9.17, 15) is 0 Å². The van der Waals surface area contributed by atoms with E-state index in [1.807, 2.05) is 24.7 Å². The predicted octanol–water partition coefficient (Wildman–Crippen LogP) is 3.00. The lowest BCUT2D eigenvalue weighted by molar-refractivity contribution is 0.178. The molecule has 3 heterocycles. The molecule has 3 rings (SSSR count). The number of halogens is 1. The van der Waals surface area contributed by atoms with Crippen molar-refractivity contribution in [2.24, 2.45) is 5.92 Å². The second kappa shape index (κ2) is 7.73. The van der Waals surface area contributed by atoms with Gasteiger partial charge in [0.1, 0.15) is 0 Å². The maximum absolute atomic E-state index is 5.67. The zero-order valence-electron chi connectivity index (χ0n) is 11.9. The molecule has 1 aliphatic heterocycles. The van der Waals surface area contributed by atoms with E-state index in [2.05, 4.69) is 20.9 Å². The third-order valence-corrected chi connectivity index (χ3v) is 4.72. The van der Waals surface area contributed by atoms with Gasteiger partial charge in [0.05, 0.1) is 0 Å². The summed E-state index contributed by atoms with van der Waals surface area (Å²) in [6.45, 7) is 3.33. The maximum Gasteiger partial charge on any atom is 0.180 e. The van der Waals surface area contributed by atoms with Crippen molar-refractivity contribution in [3.05, 3.63) is 41.2 Å². The molecule has 2 aromatic heterocycles. The highest BCUT2D eigenvalue weighted by Crippen LogP contribution is 2.24. The standard InChI is InChI=1S/C15H20N4S.ClH/c16-15-18-10-14(20-15)11-19-6-3-12(4-7-19)8-13-2-1-5-17-9-13;/h1-2,5,9-10,12H,3-4,6-8,11H2,(H2,16,18);1H. The number of hydrogen-bond acceptors (Lipinski definition) is 5. The Morgan fingerprint density at radius 2 is 2.10 bits per heavy atom. The van der Waals surface area contributed by atoms with E-state index in [1.54, 1.807) is 11.3 Å². The second-order valence-electron chi connectivity index (χ2n) is 5.45. The number of nitrogen functional groups attached to an aromatic ring is 1. The van der Waals surface area contributed by atoms with Crippen LogP contribution in [0.2, 0.25) is 0 Å². The summed E-state index contributed by atoms with van der Waals surface area (Å²) in [7, 11) is 0. The lowest BCUT2D eigenvalue weighted by Gasteiger charge is -2.31. The number of likely N-dealkylation sites (tertiary alicyclic amines) is 1. The van der Waals surface area contributed by atoms with E-state index in [0.29, 0.717) is 5.13 Å². The Labute approximate surface area is 135 Å². The van der Waals surface area contributed by atoms with E-state index >= 15 is 0 Å². The molecule has 1 fully saturated rings. The van der Waals surface area contributed by atoms with Gasteiger partial charge in [-0.3, -0.25) is 9.88 Å². The highest BCUT2D eigenvalue weighted by atomic mass is 35.5. The fourth-order valence-corrected chi connectivity index (χ4v) is 3.54. The van der Waals surface area contributed by atoms with Crippen LogP contribution < -0.4 is 5.73 Å². The molecule has 0 atom stereocenters. The van der Waals surface area contributed by atoms with Crippen LogP contribution in [0.15, 0.2) is 30.7 Å². The van der Waals surface area contributed by atoms with Crippen molar-refractivity contribution in [2.45, 2.75) is 25.8 Å². The summed E-state index contributed by atoms with van der Waals surface area (Å²) in [6.07, 6.45) is 9.43. The van der Waals surface area contributed by atoms with Crippen LogP contribution in [0.4, 0.5) is 5.13 Å². The average Bonchev–Trinajstić information content (AvgIpc) is 2.88. The molecule has 6 heteroatoms. The molecule has 114 valence electrons. The molecule has 21 heavy (non-hydrogen) atoms. The summed E-state index contributed by atoms with van der Waals surface area (Å²) in [5, 5.41) is 0.673. The van der Waals surface area contributed by atoms with Crippen molar-refractivity contribution in [3.8, 4) is 0 Å². The number of pyridine rings is 1. The van der Waals surface area contributed by atoms with E-state index in [1.165, 1.54) is 36.4 Å². The maximum atomic E-state index is 5.67. The van der Waals surface area contributed by atoms with Gasteiger partial charge in [-0.1, -0.05) is 6.07 Å². The number of rotatable bonds is 4. The minimum absolute atomic E-state index is 0. The summed E-state index contributed by atoms with van der Waals surface area (Å²) in [5.74, 6) is 0.794. The highest BCUT2D eigenvalue weighted by molar-refractivity contribution is 7.15. The number of hydrogen-bond donors (Lipinski definition) is 1. The van der Waals surface area contributed by atoms with Crippen molar-refractivity contribution in [1.82, 2.24) is 14.9 Å². The first-order valence-corrected chi connectivity index (χ1v) is 7.92. The van der Waals surface area contributed by atoms with Crippen LogP contribution in [0.25, 0.3) is 0 Å². The van der Waals surface area contributed by atoms with Crippen LogP contribution in [0, 0.1) is 5.92 Å². The molecule has 0 radical (unpaired) electrons. The summed E-state index contributed by atoms with van der Waals surface area (Å²) < 4.78 is 0. The van der Waals surface area contributed by atoms with Gasteiger partial charge >= 0.3 is 0 Å². The zero-order valence-corrected chi connectivity index (χ0v) is 13.6. The highest BCUT2D eigenvalue weighted by Gasteiger charge is 2.20. The van der Waals surface area contributed by atoms with E-state index in [-0.39, 0.29) is 12.4 Å². The van der Waals surface area contributed by atoms with Crippen LogP contribution in [0.3, 0.4) is 0 Å². The quantitative estimate of drug-likeness (QED) is 0.939.